The van der Waals surface area contributed by atoms with Crippen LogP contribution in [-0.2, 0) is 4.79 Å². The van der Waals surface area contributed by atoms with Crippen molar-refractivity contribution in [3.05, 3.63) is 0 Å². The first-order valence-corrected chi connectivity index (χ1v) is 7.44. The molecule has 0 aromatic rings. The van der Waals surface area contributed by atoms with E-state index in [0.717, 1.165) is 13.0 Å². The van der Waals surface area contributed by atoms with Gasteiger partial charge in [-0.1, -0.05) is 51.9 Å². The van der Waals surface area contributed by atoms with E-state index in [4.69, 9.17) is 12.2 Å². The number of amides is 1. The van der Waals surface area contributed by atoms with E-state index >= 15 is 0 Å². The standard InChI is InChI=1S/C13H27N3OS.ClH/c1-2-3-4-5-6-7-8-9-10-15-12(17)11-16-13(14)18;/h2-11H2,1H3,(H,15,17)(H3,14,16,18);1H. The van der Waals surface area contributed by atoms with E-state index in [-0.39, 0.29) is 24.9 Å². The van der Waals surface area contributed by atoms with Gasteiger partial charge < -0.3 is 28.8 Å². The Bertz CT molecular complexity index is 240. The van der Waals surface area contributed by atoms with Crippen LogP contribution in [0.15, 0.2) is 0 Å². The fourth-order valence-electron chi connectivity index (χ4n) is 1.73. The Morgan fingerprint density at radius 1 is 1.00 bits per heavy atom. The molecule has 0 spiro atoms. The zero-order valence-electron chi connectivity index (χ0n) is 12.0. The Kier molecular flexibility index (Phi) is 17.2. The fourth-order valence-corrected chi connectivity index (χ4v) is 1.80. The molecule has 0 fully saturated rings. The average Bonchev–Trinajstić information content (AvgIpc) is 2.34. The van der Waals surface area contributed by atoms with Crippen molar-refractivity contribution in [1.82, 2.24) is 10.6 Å². The van der Waals surface area contributed by atoms with Gasteiger partial charge in [0, 0.05) is 18.8 Å². The molecule has 0 unspecified atom stereocenters. The minimum atomic E-state index is -0.0102. The molecule has 0 saturated heterocycles. The van der Waals surface area contributed by atoms with Crippen LogP contribution in [0.5, 0.6) is 0 Å². The minimum absolute atomic E-state index is 0. The maximum atomic E-state index is 11.3. The van der Waals surface area contributed by atoms with Crippen LogP contribution in [0.2, 0.25) is 0 Å². The summed E-state index contributed by atoms with van der Waals surface area (Å²) < 4.78 is 0. The van der Waals surface area contributed by atoms with Gasteiger partial charge in [-0.3, -0.25) is 4.79 Å². The van der Waals surface area contributed by atoms with Gasteiger partial charge >= 0.3 is 0 Å². The number of unbranched alkanes of at least 4 members (excludes halogenated alkanes) is 7. The first kappa shape index (κ1) is 20.9. The SMILES string of the molecule is CCCCCCCCCCNC(=O)CNC([NH3+])=S.[Cl-]. The molecule has 0 rings (SSSR count). The molecule has 0 radical (unpaired) electrons. The number of halogens is 1. The number of hydrogen-bond donors (Lipinski definition) is 3. The van der Waals surface area contributed by atoms with Gasteiger partial charge in [0.15, 0.2) is 0 Å². The largest absolute Gasteiger partial charge is 1.00 e. The molecule has 5 N–H and O–H groups in total. The summed E-state index contributed by atoms with van der Waals surface area (Å²) in [6.07, 6.45) is 10.2. The van der Waals surface area contributed by atoms with Gasteiger partial charge in [0.2, 0.25) is 5.91 Å². The summed E-state index contributed by atoms with van der Waals surface area (Å²) in [4.78, 5) is 11.3. The van der Waals surface area contributed by atoms with Crippen molar-refractivity contribution < 1.29 is 22.9 Å². The molecule has 0 aliphatic rings. The number of quaternary nitrogens is 1. The number of carbonyl (C=O) groups is 1. The molecule has 0 bridgehead atoms. The minimum Gasteiger partial charge on any atom is -1.00 e. The Hall–Kier alpha value is -0.390. The van der Waals surface area contributed by atoms with E-state index in [1.54, 1.807) is 0 Å². The van der Waals surface area contributed by atoms with Crippen LogP contribution < -0.4 is 28.8 Å². The summed E-state index contributed by atoms with van der Waals surface area (Å²) >= 11 is 4.73. The van der Waals surface area contributed by atoms with Crippen molar-refractivity contribution in [3.8, 4) is 0 Å². The molecular formula is C13H28ClN3OS. The number of thiocarbonyl (C=S) groups is 1. The highest BCUT2D eigenvalue weighted by Gasteiger charge is 2.00. The lowest BCUT2D eigenvalue weighted by Crippen LogP contribution is -3.00. The third-order valence-corrected chi connectivity index (χ3v) is 2.94. The average molecular weight is 310 g/mol. The summed E-state index contributed by atoms with van der Waals surface area (Å²) in [6, 6.07) is 0. The molecule has 114 valence electrons. The third kappa shape index (κ3) is 17.6. The van der Waals surface area contributed by atoms with E-state index in [0.29, 0.717) is 5.11 Å². The van der Waals surface area contributed by atoms with Crippen molar-refractivity contribution >= 4 is 23.2 Å². The Morgan fingerprint density at radius 3 is 2.05 bits per heavy atom. The van der Waals surface area contributed by atoms with Gasteiger partial charge in [-0.2, -0.15) is 0 Å². The van der Waals surface area contributed by atoms with E-state index < -0.39 is 0 Å². The second-order valence-electron chi connectivity index (χ2n) is 4.60. The molecular weight excluding hydrogens is 282 g/mol. The van der Waals surface area contributed by atoms with Crippen molar-refractivity contribution in [1.29, 1.82) is 0 Å². The normalized spacial score (nSPS) is 9.58. The fraction of sp³-hybridized carbons (Fsp3) is 0.846. The monoisotopic (exact) mass is 309 g/mol. The molecule has 1 amide bonds. The smallest absolute Gasteiger partial charge is 0.265 e. The van der Waals surface area contributed by atoms with Crippen LogP contribution in [-0.4, -0.2) is 24.1 Å². The zero-order valence-corrected chi connectivity index (χ0v) is 13.5. The Labute approximate surface area is 128 Å². The second-order valence-corrected chi connectivity index (χ2v) is 5.09. The van der Waals surface area contributed by atoms with E-state index in [1.165, 1.54) is 44.9 Å². The van der Waals surface area contributed by atoms with Crippen LogP contribution in [0.4, 0.5) is 0 Å². The summed E-state index contributed by atoms with van der Waals surface area (Å²) in [7, 11) is 0. The maximum Gasteiger partial charge on any atom is 0.265 e. The van der Waals surface area contributed by atoms with E-state index in [1.807, 2.05) is 0 Å². The Morgan fingerprint density at radius 2 is 1.53 bits per heavy atom. The van der Waals surface area contributed by atoms with E-state index in [2.05, 4.69) is 23.3 Å². The molecule has 0 aliphatic heterocycles. The van der Waals surface area contributed by atoms with Crippen molar-refractivity contribution in [2.24, 2.45) is 0 Å². The highest BCUT2D eigenvalue weighted by molar-refractivity contribution is 7.79. The quantitative estimate of drug-likeness (QED) is 0.317. The topological polar surface area (TPSA) is 68.8 Å². The van der Waals surface area contributed by atoms with Gasteiger partial charge in [0.05, 0.1) is 6.54 Å². The first-order valence-electron chi connectivity index (χ1n) is 7.03. The lowest BCUT2D eigenvalue weighted by molar-refractivity contribution is -0.215. The highest BCUT2D eigenvalue weighted by atomic mass is 35.5. The lowest BCUT2D eigenvalue weighted by Gasteiger charge is -2.05. The lowest BCUT2D eigenvalue weighted by atomic mass is 10.1. The molecule has 0 aromatic carbocycles. The van der Waals surface area contributed by atoms with Gasteiger partial charge in [-0.15, -0.1) is 0 Å². The van der Waals surface area contributed by atoms with Gasteiger partial charge in [0.1, 0.15) is 0 Å². The van der Waals surface area contributed by atoms with Gasteiger partial charge in [0.25, 0.3) is 5.11 Å². The maximum absolute atomic E-state index is 11.3. The number of carbonyl (C=O) groups excluding carboxylic acids is 1. The molecule has 19 heavy (non-hydrogen) atoms. The number of hydrogen-bond acceptors (Lipinski definition) is 2. The third-order valence-electron chi connectivity index (χ3n) is 2.80. The molecule has 4 nitrogen and oxygen atoms in total. The zero-order chi connectivity index (χ0) is 13.6. The molecule has 0 heterocycles. The number of rotatable bonds is 11. The molecule has 6 heteroatoms. The molecule has 0 saturated carbocycles. The van der Waals surface area contributed by atoms with Crippen molar-refractivity contribution in [2.75, 3.05) is 13.1 Å². The van der Waals surface area contributed by atoms with Crippen molar-refractivity contribution in [3.63, 3.8) is 0 Å². The summed E-state index contributed by atoms with van der Waals surface area (Å²) in [5, 5.41) is 6.01. The summed E-state index contributed by atoms with van der Waals surface area (Å²) in [5.41, 5.74) is 3.50. The summed E-state index contributed by atoms with van der Waals surface area (Å²) in [6.45, 7) is 3.23. The predicted molar refractivity (Wildman–Crippen MR) is 79.1 cm³/mol. The van der Waals surface area contributed by atoms with Crippen molar-refractivity contribution in [2.45, 2.75) is 58.3 Å². The van der Waals surface area contributed by atoms with Gasteiger partial charge in [-0.25, -0.2) is 0 Å². The highest BCUT2D eigenvalue weighted by Crippen LogP contribution is 2.07. The van der Waals surface area contributed by atoms with Crippen LogP contribution >= 0.6 is 12.2 Å². The number of nitrogens with one attached hydrogen (secondary N) is 2. The van der Waals surface area contributed by atoms with E-state index in [9.17, 15) is 4.79 Å². The van der Waals surface area contributed by atoms with Crippen LogP contribution in [0.3, 0.4) is 0 Å². The molecule has 0 atom stereocenters. The summed E-state index contributed by atoms with van der Waals surface area (Å²) in [5.74, 6) is -0.0102. The van der Waals surface area contributed by atoms with Crippen LogP contribution in [0.1, 0.15) is 58.3 Å². The molecule has 0 aromatic heterocycles. The van der Waals surface area contributed by atoms with Gasteiger partial charge in [-0.05, 0) is 6.42 Å². The predicted octanol–water partition coefficient (Wildman–Crippen LogP) is -1.64. The Balaban J connectivity index is 0. The van der Waals surface area contributed by atoms with Crippen LogP contribution in [0.25, 0.3) is 0 Å². The van der Waals surface area contributed by atoms with Crippen LogP contribution in [0, 0.1) is 0 Å². The first-order chi connectivity index (χ1) is 8.66. The molecule has 0 aliphatic carbocycles. The second kappa shape index (κ2) is 15.7.